The van der Waals surface area contributed by atoms with E-state index >= 15 is 0 Å². The van der Waals surface area contributed by atoms with Gasteiger partial charge in [0.1, 0.15) is 11.2 Å². The smallest absolute Gasteiger partial charge is 0.137 e. The largest absolute Gasteiger partial charge is 0.456 e. The van der Waals surface area contributed by atoms with Crippen LogP contribution >= 0.6 is 0 Å². The Morgan fingerprint density at radius 3 is 1.70 bits per heavy atom. The molecule has 2 heterocycles. The van der Waals surface area contributed by atoms with Crippen LogP contribution in [0, 0.1) is 0 Å². The normalized spacial score (nSPS) is 12.8. The van der Waals surface area contributed by atoms with Gasteiger partial charge in [0.15, 0.2) is 0 Å². The average molecular weight is 895 g/mol. The summed E-state index contributed by atoms with van der Waals surface area (Å²) in [7, 11) is 0. The Hall–Kier alpha value is -8.92. The second-order valence-electron chi connectivity index (χ2n) is 19.2. The molecule has 0 fully saturated rings. The number of anilines is 3. The fraction of sp³-hybridized carbons (Fsp3) is 0.0448. The number of nitrogens with zero attached hydrogens (tertiary/aromatic N) is 2. The van der Waals surface area contributed by atoms with Crippen molar-refractivity contribution in [3.8, 4) is 50.2 Å². The molecule has 14 rings (SSSR count). The number of hydrogen-bond donors (Lipinski definition) is 0. The number of benzene rings is 11. The van der Waals surface area contributed by atoms with Gasteiger partial charge in [-0.05, 0) is 134 Å². The van der Waals surface area contributed by atoms with Gasteiger partial charge in [0, 0.05) is 44.0 Å². The van der Waals surface area contributed by atoms with Gasteiger partial charge in [0.2, 0.25) is 0 Å². The van der Waals surface area contributed by atoms with Crippen LogP contribution in [0.2, 0.25) is 0 Å². The van der Waals surface area contributed by atoms with E-state index in [9.17, 15) is 0 Å². The highest BCUT2D eigenvalue weighted by Crippen LogP contribution is 2.50. The van der Waals surface area contributed by atoms with Crippen molar-refractivity contribution in [1.82, 2.24) is 4.57 Å². The van der Waals surface area contributed by atoms with Crippen LogP contribution in [0.25, 0.3) is 105 Å². The number of hydrogen-bond acceptors (Lipinski definition) is 2. The minimum atomic E-state index is -0.0600. The quantitative estimate of drug-likeness (QED) is 0.159. The molecular formula is C67H46N2O. The van der Waals surface area contributed by atoms with Crippen LogP contribution in [0.5, 0.6) is 0 Å². The molecule has 0 saturated heterocycles. The summed E-state index contributed by atoms with van der Waals surface area (Å²) in [6.07, 6.45) is 0. The predicted molar refractivity (Wildman–Crippen MR) is 294 cm³/mol. The van der Waals surface area contributed by atoms with Gasteiger partial charge in [0.25, 0.3) is 0 Å². The summed E-state index contributed by atoms with van der Waals surface area (Å²) in [5, 5.41) is 7.13. The van der Waals surface area contributed by atoms with Crippen molar-refractivity contribution in [2.45, 2.75) is 19.3 Å². The lowest BCUT2D eigenvalue weighted by Crippen LogP contribution is -2.14. The molecule has 0 bridgehead atoms. The third kappa shape index (κ3) is 6.15. The summed E-state index contributed by atoms with van der Waals surface area (Å²) < 4.78 is 8.79. The van der Waals surface area contributed by atoms with Crippen molar-refractivity contribution in [3.63, 3.8) is 0 Å². The van der Waals surface area contributed by atoms with Crippen LogP contribution in [0.15, 0.2) is 247 Å². The third-order valence-corrected chi connectivity index (χ3v) is 15.0. The summed E-state index contributed by atoms with van der Waals surface area (Å²) in [5.41, 5.74) is 21.1. The Morgan fingerprint density at radius 1 is 0.371 bits per heavy atom. The van der Waals surface area contributed by atoms with Gasteiger partial charge in [-0.3, -0.25) is 0 Å². The maximum atomic E-state index is 6.39. The third-order valence-electron chi connectivity index (χ3n) is 15.0. The van der Waals surface area contributed by atoms with Gasteiger partial charge >= 0.3 is 0 Å². The Bertz CT molecular complexity index is 4180. The fourth-order valence-corrected chi connectivity index (χ4v) is 11.6. The Labute approximate surface area is 406 Å². The van der Waals surface area contributed by atoms with Crippen LogP contribution in [-0.4, -0.2) is 4.57 Å². The van der Waals surface area contributed by atoms with Gasteiger partial charge in [-0.25, -0.2) is 0 Å². The first-order valence-electron chi connectivity index (χ1n) is 24.2. The second-order valence-corrected chi connectivity index (χ2v) is 19.2. The number of fused-ring (bicyclic) bond motifs is 11. The molecule has 3 nitrogen and oxygen atoms in total. The van der Waals surface area contributed by atoms with Crippen molar-refractivity contribution >= 4 is 71.6 Å². The molecule has 70 heavy (non-hydrogen) atoms. The van der Waals surface area contributed by atoms with Crippen molar-refractivity contribution < 1.29 is 4.42 Å². The summed E-state index contributed by atoms with van der Waals surface area (Å²) in [6.45, 7) is 4.70. The van der Waals surface area contributed by atoms with Crippen molar-refractivity contribution in [2.24, 2.45) is 0 Å². The van der Waals surface area contributed by atoms with Crippen molar-refractivity contribution in [3.05, 3.63) is 254 Å². The Balaban J connectivity index is 0.855. The molecule has 330 valence electrons. The molecule has 0 unspecified atom stereocenters. The number of rotatable bonds is 7. The minimum Gasteiger partial charge on any atom is -0.456 e. The molecule has 0 saturated carbocycles. The highest BCUT2D eigenvalue weighted by atomic mass is 16.3. The highest BCUT2D eigenvalue weighted by Gasteiger charge is 2.35. The van der Waals surface area contributed by atoms with E-state index in [1.165, 1.54) is 77.1 Å². The van der Waals surface area contributed by atoms with E-state index in [0.717, 1.165) is 55.8 Å². The van der Waals surface area contributed by atoms with Gasteiger partial charge in [-0.1, -0.05) is 184 Å². The van der Waals surface area contributed by atoms with Gasteiger partial charge < -0.3 is 13.9 Å². The van der Waals surface area contributed by atoms with E-state index in [1.807, 2.05) is 6.07 Å². The topological polar surface area (TPSA) is 21.3 Å². The summed E-state index contributed by atoms with van der Waals surface area (Å²) in [4.78, 5) is 2.42. The molecule has 0 amide bonds. The molecular weight excluding hydrogens is 849 g/mol. The molecule has 0 aliphatic heterocycles. The molecule has 11 aromatic carbocycles. The lowest BCUT2D eigenvalue weighted by Gasteiger charge is -2.28. The average Bonchev–Trinajstić information content (AvgIpc) is 4.04. The summed E-state index contributed by atoms with van der Waals surface area (Å²) >= 11 is 0. The number of aromatic nitrogens is 1. The SMILES string of the molecule is CC1(C)c2ccccc2-c2ccc(-c3ccc(N(c4ccc(-c5ccc(-n6c7ccccc7c7ccc8oc9ccccc9c8c76)cc5)cc4)c4ccc(-c5ccccc5)c5ccccc45)cc3)cc21. The summed E-state index contributed by atoms with van der Waals surface area (Å²) in [5.74, 6) is 0. The van der Waals surface area contributed by atoms with E-state index in [4.69, 9.17) is 4.42 Å². The van der Waals surface area contributed by atoms with Gasteiger partial charge in [-0.15, -0.1) is 0 Å². The zero-order chi connectivity index (χ0) is 46.5. The molecule has 13 aromatic rings. The first kappa shape index (κ1) is 40.2. The lowest BCUT2D eigenvalue weighted by atomic mass is 9.81. The Kier molecular flexibility index (Phi) is 8.93. The van der Waals surface area contributed by atoms with Crippen molar-refractivity contribution in [2.75, 3.05) is 4.90 Å². The van der Waals surface area contributed by atoms with E-state index in [0.29, 0.717) is 0 Å². The molecule has 0 N–H and O–H groups in total. The van der Waals surface area contributed by atoms with Gasteiger partial charge in [0.05, 0.1) is 22.1 Å². The standard InChI is InChI=1S/C67H46N2O/c1-67(2)59-21-11-8-17-53(59)54-37-30-47(42-60(54)67)45-28-33-49(34-29-45)68(62-40-38-51(46-14-4-3-5-15-46)52-16-6-7-18-55(52)62)48-31-24-43(25-32-48)44-26-35-50(36-27-44)69-61-22-12-9-19-56(61)57-39-41-64-65(66(57)69)58-20-10-13-23-63(58)70-64/h3-42H,1-2H3. The van der Waals surface area contributed by atoms with E-state index < -0.39 is 0 Å². The van der Waals surface area contributed by atoms with Crippen LogP contribution in [0.3, 0.4) is 0 Å². The van der Waals surface area contributed by atoms with Crippen LogP contribution in [0.4, 0.5) is 17.1 Å². The molecule has 1 aliphatic carbocycles. The fourth-order valence-electron chi connectivity index (χ4n) is 11.6. The maximum Gasteiger partial charge on any atom is 0.137 e. The highest BCUT2D eigenvalue weighted by molar-refractivity contribution is 6.24. The van der Waals surface area contributed by atoms with Crippen LogP contribution < -0.4 is 4.90 Å². The minimum absolute atomic E-state index is 0.0600. The molecule has 0 spiro atoms. The molecule has 0 radical (unpaired) electrons. The molecule has 0 atom stereocenters. The Morgan fingerprint density at radius 2 is 0.943 bits per heavy atom. The molecule has 3 heteroatoms. The predicted octanol–water partition coefficient (Wildman–Crippen LogP) is 18.6. The van der Waals surface area contributed by atoms with Crippen LogP contribution in [-0.2, 0) is 5.41 Å². The van der Waals surface area contributed by atoms with Crippen LogP contribution in [0.1, 0.15) is 25.0 Å². The maximum absolute atomic E-state index is 6.39. The second kappa shape index (κ2) is 15.6. The monoisotopic (exact) mass is 894 g/mol. The van der Waals surface area contributed by atoms with E-state index in [2.05, 4.69) is 260 Å². The number of para-hydroxylation sites is 2. The number of furan rings is 1. The first-order chi connectivity index (χ1) is 34.5. The zero-order valence-electron chi connectivity index (χ0n) is 38.9. The van der Waals surface area contributed by atoms with Gasteiger partial charge in [-0.2, -0.15) is 0 Å². The molecule has 2 aromatic heterocycles. The van der Waals surface area contributed by atoms with E-state index in [1.54, 1.807) is 0 Å². The lowest BCUT2D eigenvalue weighted by molar-refractivity contribution is 0.660. The van der Waals surface area contributed by atoms with Crippen molar-refractivity contribution in [1.29, 1.82) is 0 Å². The van der Waals surface area contributed by atoms with E-state index in [-0.39, 0.29) is 5.41 Å². The zero-order valence-corrected chi connectivity index (χ0v) is 38.9. The molecule has 1 aliphatic rings. The summed E-state index contributed by atoms with van der Waals surface area (Å²) in [6, 6.07) is 88.6. The first-order valence-corrected chi connectivity index (χ1v) is 24.2.